The van der Waals surface area contributed by atoms with Crippen molar-refractivity contribution in [3.05, 3.63) is 0 Å². The van der Waals surface area contributed by atoms with Crippen LogP contribution in [-0.4, -0.2) is 99.6 Å². The predicted molar refractivity (Wildman–Crippen MR) is 88.4 cm³/mol. The molecule has 0 bridgehead atoms. The Kier molecular flexibility index (Phi) is 23.5. The van der Waals surface area contributed by atoms with E-state index in [0.717, 1.165) is 52.4 Å². The standard InChI is InChI=1S/C16H33N5.2ClHO4.Cu/c1-18-8-5-9-20(3)15-16-21(11-4-7-17)12-6-10-19(2)14-13-18;2*2-1(3,4)5;/h4-6,8-16H2,1-3H3;2*(H,2,3,4,5);/q;;;+2/p-2. The SMILES string of the molecule is CN1CCCN(C)CCN(CCC#N)CCCN(C)CC1.[Cu+2].[O-][Cl+3]([O-])([O-])[O-].[O-][Cl+3]([O-])([O-])[O-]. The Labute approximate surface area is 205 Å². The third-order valence-corrected chi connectivity index (χ3v) is 4.30. The minimum Gasteiger partial charge on any atom is -0.305 e. The van der Waals surface area contributed by atoms with Crippen molar-refractivity contribution >= 4 is 0 Å². The van der Waals surface area contributed by atoms with Crippen molar-refractivity contribution in [1.29, 1.82) is 5.26 Å². The summed E-state index contributed by atoms with van der Waals surface area (Å²) >= 11 is 0. The van der Waals surface area contributed by atoms with Gasteiger partial charge in [0.1, 0.15) is 0 Å². The quantitative estimate of drug-likeness (QED) is 0.288. The van der Waals surface area contributed by atoms with E-state index in [9.17, 15) is 0 Å². The first-order valence-electron chi connectivity index (χ1n) is 9.50. The van der Waals surface area contributed by atoms with Gasteiger partial charge in [-0.2, -0.15) is 5.26 Å². The molecule has 1 fully saturated rings. The summed E-state index contributed by atoms with van der Waals surface area (Å²) in [6, 6.07) is 2.27. The maximum absolute atomic E-state index is 8.79. The third kappa shape index (κ3) is 37.4. The van der Waals surface area contributed by atoms with Crippen LogP contribution >= 0.6 is 0 Å². The van der Waals surface area contributed by atoms with Crippen molar-refractivity contribution in [2.45, 2.75) is 19.3 Å². The number of nitriles is 1. The zero-order chi connectivity index (χ0) is 24.5. The molecule has 0 spiro atoms. The second-order valence-corrected chi connectivity index (χ2v) is 8.63. The fourth-order valence-corrected chi connectivity index (χ4v) is 2.71. The topological polar surface area (TPSA) is 221 Å². The van der Waals surface area contributed by atoms with Gasteiger partial charge >= 0.3 is 17.1 Å². The van der Waals surface area contributed by atoms with Crippen LogP contribution in [0.25, 0.3) is 0 Å². The molecule has 1 aliphatic heterocycles. The van der Waals surface area contributed by atoms with Crippen LogP contribution in [0.1, 0.15) is 19.3 Å². The van der Waals surface area contributed by atoms with Crippen LogP contribution in [0.2, 0.25) is 0 Å². The van der Waals surface area contributed by atoms with E-state index in [1.54, 1.807) is 0 Å². The molecular formula is C16H33Cl2CuN5O8. The normalized spacial score (nSPS) is 19.2. The van der Waals surface area contributed by atoms with Gasteiger partial charge in [0.15, 0.2) is 0 Å². The van der Waals surface area contributed by atoms with E-state index >= 15 is 0 Å². The first-order valence-corrected chi connectivity index (χ1v) is 12.0. The van der Waals surface area contributed by atoms with E-state index in [-0.39, 0.29) is 17.1 Å². The summed E-state index contributed by atoms with van der Waals surface area (Å²) < 4.78 is 67.9. The van der Waals surface area contributed by atoms with Crippen molar-refractivity contribution in [1.82, 2.24) is 19.6 Å². The van der Waals surface area contributed by atoms with Crippen LogP contribution in [0, 0.1) is 31.8 Å². The Balaban J connectivity index is -0.000000640. The number of likely N-dealkylation sites (N-methyl/N-ethyl adjacent to an activating group) is 3. The molecule has 0 aromatic heterocycles. The van der Waals surface area contributed by atoms with Crippen LogP contribution in [-0.2, 0) is 17.1 Å². The molecule has 1 rings (SSSR count). The van der Waals surface area contributed by atoms with Gasteiger partial charge in [-0.05, 0) is 60.2 Å². The zero-order valence-corrected chi connectivity index (χ0v) is 21.0. The van der Waals surface area contributed by atoms with Crippen molar-refractivity contribution in [2.24, 2.45) is 0 Å². The molecule has 0 amide bonds. The van der Waals surface area contributed by atoms with Gasteiger partial charge in [-0.15, -0.1) is 20.5 Å². The molecule has 0 N–H and O–H groups in total. The predicted octanol–water partition coefficient (Wildman–Crippen LogP) is -8.72. The molecule has 0 unspecified atom stereocenters. The van der Waals surface area contributed by atoms with Crippen LogP contribution in [0.15, 0.2) is 0 Å². The Morgan fingerprint density at radius 3 is 1.28 bits per heavy atom. The van der Waals surface area contributed by atoms with Gasteiger partial charge in [0, 0.05) is 39.1 Å². The Morgan fingerprint density at radius 2 is 0.938 bits per heavy atom. The van der Waals surface area contributed by atoms with Crippen LogP contribution in [0.5, 0.6) is 0 Å². The monoisotopic (exact) mass is 556 g/mol. The number of rotatable bonds is 2. The molecule has 1 aliphatic rings. The van der Waals surface area contributed by atoms with Gasteiger partial charge in [0.2, 0.25) is 0 Å². The van der Waals surface area contributed by atoms with E-state index in [1.807, 2.05) is 0 Å². The van der Waals surface area contributed by atoms with Crippen LogP contribution in [0.3, 0.4) is 0 Å². The summed E-state index contributed by atoms with van der Waals surface area (Å²) in [4.78, 5) is 9.74. The molecule has 0 atom stereocenters. The maximum atomic E-state index is 8.79. The second-order valence-electron chi connectivity index (χ2n) is 7.12. The average molecular weight is 558 g/mol. The summed E-state index contributed by atoms with van der Waals surface area (Å²) in [6.45, 7) is 9.98. The fourth-order valence-electron chi connectivity index (χ4n) is 2.71. The van der Waals surface area contributed by atoms with Crippen LogP contribution < -0.4 is 37.3 Å². The number of hydrogen-bond acceptors (Lipinski definition) is 13. The summed E-state index contributed by atoms with van der Waals surface area (Å²) in [5, 5.41) is 8.79. The summed E-state index contributed by atoms with van der Waals surface area (Å²) in [5.41, 5.74) is 0. The smallest absolute Gasteiger partial charge is 0.305 e. The molecule has 0 aliphatic carbocycles. The van der Waals surface area contributed by atoms with E-state index < -0.39 is 20.5 Å². The minimum atomic E-state index is -4.94. The fraction of sp³-hybridized carbons (Fsp3) is 0.938. The summed E-state index contributed by atoms with van der Waals surface area (Å²) in [7, 11) is -3.24. The number of halogens is 2. The first-order chi connectivity index (χ1) is 14.1. The van der Waals surface area contributed by atoms with Gasteiger partial charge in [0.25, 0.3) is 0 Å². The molecule has 1 radical (unpaired) electrons. The third-order valence-electron chi connectivity index (χ3n) is 4.30. The second kappa shape index (κ2) is 20.5. The number of nitrogens with zero attached hydrogens (tertiary/aromatic N) is 5. The maximum Gasteiger partial charge on any atom is 2.00 e. The molecule has 1 heterocycles. The largest absolute Gasteiger partial charge is 2.00 e. The van der Waals surface area contributed by atoms with E-state index in [1.165, 1.54) is 19.4 Å². The Morgan fingerprint density at radius 1 is 0.625 bits per heavy atom. The Bertz CT molecular complexity index is 459. The summed E-state index contributed by atoms with van der Waals surface area (Å²) in [5.74, 6) is 0. The van der Waals surface area contributed by atoms with Gasteiger partial charge in [-0.1, -0.05) is 0 Å². The van der Waals surface area contributed by atoms with Gasteiger partial charge in [-0.3, -0.25) is 0 Å². The molecule has 0 aromatic rings. The van der Waals surface area contributed by atoms with Crippen molar-refractivity contribution < 1.29 is 74.8 Å². The minimum absolute atomic E-state index is 0. The van der Waals surface area contributed by atoms with E-state index in [2.05, 4.69) is 46.8 Å². The van der Waals surface area contributed by atoms with E-state index in [0.29, 0.717) is 6.42 Å². The molecule has 1 saturated heterocycles. The molecule has 195 valence electrons. The average Bonchev–Trinajstić information content (AvgIpc) is 2.58. The van der Waals surface area contributed by atoms with Crippen LogP contribution in [0.4, 0.5) is 0 Å². The van der Waals surface area contributed by atoms with Crippen molar-refractivity contribution in [3.63, 3.8) is 0 Å². The van der Waals surface area contributed by atoms with Gasteiger partial charge < -0.3 is 19.6 Å². The molecule has 16 heteroatoms. The first kappa shape index (κ1) is 36.7. The molecule has 32 heavy (non-hydrogen) atoms. The molecule has 0 saturated carbocycles. The zero-order valence-electron chi connectivity index (χ0n) is 18.5. The summed E-state index contributed by atoms with van der Waals surface area (Å²) in [6.07, 6.45) is 3.06. The van der Waals surface area contributed by atoms with Gasteiger partial charge in [0.05, 0.1) is 6.07 Å². The number of hydrogen-bond donors (Lipinski definition) is 0. The van der Waals surface area contributed by atoms with E-state index in [4.69, 9.17) is 42.5 Å². The molecule has 0 aromatic carbocycles. The molecule has 13 nitrogen and oxygen atoms in total. The Hall–Kier alpha value is 0.109. The van der Waals surface area contributed by atoms with Gasteiger partial charge in [-0.25, -0.2) is 37.3 Å². The van der Waals surface area contributed by atoms with Crippen molar-refractivity contribution in [3.8, 4) is 6.07 Å². The molecular weight excluding hydrogens is 525 g/mol. The van der Waals surface area contributed by atoms with Crippen molar-refractivity contribution in [2.75, 3.05) is 80.0 Å².